The lowest BCUT2D eigenvalue weighted by atomic mass is 9.72. The van der Waals surface area contributed by atoms with Gasteiger partial charge >= 0.3 is 0 Å². The molecule has 2 heterocycles. The zero-order valence-electron chi connectivity index (χ0n) is 11.8. The summed E-state index contributed by atoms with van der Waals surface area (Å²) in [5.41, 5.74) is 1.51. The highest BCUT2D eigenvalue weighted by Gasteiger charge is 2.51. The van der Waals surface area contributed by atoms with Crippen LogP contribution in [0, 0.1) is 11.3 Å². The Bertz CT molecular complexity index is 500. The van der Waals surface area contributed by atoms with Crippen molar-refractivity contribution in [3.8, 4) is 0 Å². The lowest BCUT2D eigenvalue weighted by Gasteiger charge is -2.35. The molecule has 0 spiro atoms. The molecule has 3 unspecified atom stereocenters. The van der Waals surface area contributed by atoms with E-state index in [9.17, 15) is 5.11 Å². The van der Waals surface area contributed by atoms with E-state index in [0.29, 0.717) is 17.9 Å². The molecule has 2 aliphatic heterocycles. The van der Waals surface area contributed by atoms with Crippen molar-refractivity contribution in [3.05, 3.63) is 29.8 Å². The van der Waals surface area contributed by atoms with E-state index in [1.165, 1.54) is 29.1 Å². The second-order valence-electron chi connectivity index (χ2n) is 6.65. The molecule has 3 aliphatic rings. The number of aliphatic hydroxyl groups is 1. The molecule has 3 atom stereocenters. The van der Waals surface area contributed by atoms with Gasteiger partial charge in [0.2, 0.25) is 0 Å². The molecule has 1 aromatic rings. The van der Waals surface area contributed by atoms with E-state index in [1.807, 2.05) is 11.8 Å². The first-order chi connectivity index (χ1) is 9.82. The van der Waals surface area contributed by atoms with Crippen molar-refractivity contribution < 1.29 is 9.84 Å². The van der Waals surface area contributed by atoms with Gasteiger partial charge < -0.3 is 9.84 Å². The largest absolute Gasteiger partial charge is 0.396 e. The number of hydrogen-bond donors (Lipinski definition) is 1. The maximum atomic E-state index is 10.1. The molecule has 108 valence electrons. The van der Waals surface area contributed by atoms with Crippen LogP contribution in [0.15, 0.2) is 29.2 Å². The lowest BCUT2D eigenvalue weighted by molar-refractivity contribution is -0.00696. The van der Waals surface area contributed by atoms with E-state index in [0.717, 1.165) is 19.4 Å². The second kappa shape index (κ2) is 5.04. The van der Waals surface area contributed by atoms with Crippen molar-refractivity contribution in [3.63, 3.8) is 0 Å². The van der Waals surface area contributed by atoms with Crippen molar-refractivity contribution in [1.82, 2.24) is 0 Å². The van der Waals surface area contributed by atoms with Crippen LogP contribution in [-0.4, -0.2) is 30.2 Å². The summed E-state index contributed by atoms with van der Waals surface area (Å²) in [7, 11) is 0. The maximum Gasteiger partial charge on any atom is 0.0682 e. The fraction of sp³-hybridized carbons (Fsp3) is 0.647. The predicted octanol–water partition coefficient (Wildman–Crippen LogP) is 3.44. The van der Waals surface area contributed by atoms with Crippen LogP contribution in [0.25, 0.3) is 0 Å². The van der Waals surface area contributed by atoms with Gasteiger partial charge in [-0.05, 0) is 49.1 Å². The predicted molar refractivity (Wildman–Crippen MR) is 81.1 cm³/mol. The minimum atomic E-state index is 0.0177. The van der Waals surface area contributed by atoms with E-state index < -0.39 is 0 Å². The third-order valence-electron chi connectivity index (χ3n) is 5.32. The minimum Gasteiger partial charge on any atom is -0.396 e. The first kappa shape index (κ1) is 13.2. The molecule has 1 aliphatic carbocycles. The molecule has 1 saturated heterocycles. The smallest absolute Gasteiger partial charge is 0.0682 e. The quantitative estimate of drug-likeness (QED) is 0.921. The van der Waals surface area contributed by atoms with Gasteiger partial charge in [0.05, 0.1) is 12.7 Å². The van der Waals surface area contributed by atoms with E-state index in [-0.39, 0.29) is 12.0 Å². The molecule has 0 amide bonds. The first-order valence-corrected chi connectivity index (χ1v) is 8.75. The van der Waals surface area contributed by atoms with Gasteiger partial charge in [0, 0.05) is 22.7 Å². The van der Waals surface area contributed by atoms with Crippen LogP contribution < -0.4 is 0 Å². The summed E-state index contributed by atoms with van der Waals surface area (Å²) in [5.74, 6) is 2.47. The number of thioether (sulfide) groups is 1. The monoisotopic (exact) mass is 290 g/mol. The molecule has 0 aromatic heterocycles. The number of aliphatic hydroxyl groups excluding tert-OH is 1. The standard InChI is InChI=1S/C17H22O2S/c18-11-17(7-8-19-16(17)12-5-6-12)9-13-10-20-15-4-2-1-3-14(13)15/h1-4,12-13,16,18H,5-11H2. The molecule has 1 N–H and O–H groups in total. The van der Waals surface area contributed by atoms with Crippen molar-refractivity contribution in [2.24, 2.45) is 11.3 Å². The van der Waals surface area contributed by atoms with Gasteiger partial charge in [-0.15, -0.1) is 11.8 Å². The van der Waals surface area contributed by atoms with Crippen LogP contribution in [0.4, 0.5) is 0 Å². The average Bonchev–Trinajstić information content (AvgIpc) is 3.12. The highest BCUT2D eigenvalue weighted by Crippen LogP contribution is 2.54. The number of benzene rings is 1. The van der Waals surface area contributed by atoms with Gasteiger partial charge in [0.1, 0.15) is 0 Å². The van der Waals surface area contributed by atoms with Gasteiger partial charge in [-0.3, -0.25) is 0 Å². The molecular formula is C17H22O2S. The van der Waals surface area contributed by atoms with E-state index in [1.54, 1.807) is 0 Å². The molecule has 4 rings (SSSR count). The zero-order valence-corrected chi connectivity index (χ0v) is 12.6. The molecule has 0 radical (unpaired) electrons. The lowest BCUT2D eigenvalue weighted by Crippen LogP contribution is -2.37. The Hall–Kier alpha value is -0.510. The summed E-state index contributed by atoms with van der Waals surface area (Å²) in [5, 5.41) is 10.1. The molecule has 1 saturated carbocycles. The number of hydrogen-bond acceptors (Lipinski definition) is 3. The Morgan fingerprint density at radius 2 is 2.15 bits per heavy atom. The Balaban J connectivity index is 1.58. The summed E-state index contributed by atoms with van der Waals surface area (Å²) in [6, 6.07) is 8.77. The highest BCUT2D eigenvalue weighted by atomic mass is 32.2. The first-order valence-electron chi connectivity index (χ1n) is 7.77. The van der Waals surface area contributed by atoms with Gasteiger partial charge in [0.15, 0.2) is 0 Å². The molecule has 1 aromatic carbocycles. The second-order valence-corrected chi connectivity index (χ2v) is 7.71. The number of rotatable bonds is 4. The SMILES string of the molecule is OCC1(CC2CSc3ccccc32)CCOC1C1CC1. The third kappa shape index (κ3) is 2.11. The Morgan fingerprint density at radius 1 is 1.30 bits per heavy atom. The van der Waals surface area contributed by atoms with E-state index in [2.05, 4.69) is 24.3 Å². The molecule has 2 nitrogen and oxygen atoms in total. The van der Waals surface area contributed by atoms with Gasteiger partial charge in [0.25, 0.3) is 0 Å². The van der Waals surface area contributed by atoms with Crippen LogP contribution in [0.5, 0.6) is 0 Å². The summed E-state index contributed by atoms with van der Waals surface area (Å²) < 4.78 is 6.02. The minimum absolute atomic E-state index is 0.0177. The average molecular weight is 290 g/mol. The fourth-order valence-electron chi connectivity index (χ4n) is 4.08. The van der Waals surface area contributed by atoms with Gasteiger partial charge in [-0.25, -0.2) is 0 Å². The molecule has 3 heteroatoms. The van der Waals surface area contributed by atoms with Crippen LogP contribution in [0.3, 0.4) is 0 Å². The summed E-state index contributed by atoms with van der Waals surface area (Å²) in [6.45, 7) is 1.13. The van der Waals surface area contributed by atoms with E-state index in [4.69, 9.17) is 4.74 Å². The topological polar surface area (TPSA) is 29.5 Å². The van der Waals surface area contributed by atoms with E-state index >= 15 is 0 Å². The number of fused-ring (bicyclic) bond motifs is 1. The molecule has 2 fully saturated rings. The van der Waals surface area contributed by atoms with Crippen molar-refractivity contribution in [2.45, 2.75) is 42.6 Å². The molecular weight excluding hydrogens is 268 g/mol. The Morgan fingerprint density at radius 3 is 2.95 bits per heavy atom. The normalized spacial score (nSPS) is 36.2. The van der Waals surface area contributed by atoms with Crippen LogP contribution in [-0.2, 0) is 4.74 Å². The molecule has 0 bridgehead atoms. The van der Waals surface area contributed by atoms with Crippen molar-refractivity contribution >= 4 is 11.8 Å². The van der Waals surface area contributed by atoms with Crippen LogP contribution >= 0.6 is 11.8 Å². The highest BCUT2D eigenvalue weighted by molar-refractivity contribution is 7.99. The Kier molecular flexibility index (Phi) is 3.32. The Labute approximate surface area is 124 Å². The zero-order chi connectivity index (χ0) is 13.6. The van der Waals surface area contributed by atoms with Gasteiger partial charge in [-0.1, -0.05) is 18.2 Å². The third-order valence-corrected chi connectivity index (χ3v) is 6.57. The van der Waals surface area contributed by atoms with Crippen LogP contribution in [0.1, 0.15) is 37.2 Å². The molecule has 20 heavy (non-hydrogen) atoms. The maximum absolute atomic E-state index is 10.1. The summed E-state index contributed by atoms with van der Waals surface area (Å²) >= 11 is 1.97. The van der Waals surface area contributed by atoms with Crippen molar-refractivity contribution in [1.29, 1.82) is 0 Å². The van der Waals surface area contributed by atoms with Gasteiger partial charge in [-0.2, -0.15) is 0 Å². The summed E-state index contributed by atoms with van der Waals surface area (Å²) in [4.78, 5) is 1.44. The van der Waals surface area contributed by atoms with Crippen molar-refractivity contribution in [2.75, 3.05) is 19.0 Å². The number of ether oxygens (including phenoxy) is 1. The summed E-state index contributed by atoms with van der Waals surface area (Å²) in [6.07, 6.45) is 5.03. The fourth-order valence-corrected chi connectivity index (χ4v) is 5.34. The van der Waals surface area contributed by atoms with Crippen LogP contribution in [0.2, 0.25) is 0 Å².